The van der Waals surface area contributed by atoms with Crippen LogP contribution in [0.3, 0.4) is 0 Å². The predicted molar refractivity (Wildman–Crippen MR) is 85.1 cm³/mol. The van der Waals surface area contributed by atoms with E-state index in [1.165, 1.54) is 12.5 Å². The molecule has 2 atom stereocenters. The van der Waals surface area contributed by atoms with Crippen LogP contribution in [0.2, 0.25) is 0 Å². The van der Waals surface area contributed by atoms with Crippen LogP contribution in [0.15, 0.2) is 18.0 Å². The highest BCUT2D eigenvalue weighted by Gasteiger charge is 2.36. The minimum atomic E-state index is -0.792. The lowest BCUT2D eigenvalue weighted by Crippen LogP contribution is -2.43. The Balaban J connectivity index is 1.63. The molecule has 0 unspecified atom stereocenters. The number of hydrogen-bond donors (Lipinski definition) is 2. The van der Waals surface area contributed by atoms with Gasteiger partial charge in [-0.2, -0.15) is 5.10 Å². The number of aliphatic hydroxyl groups is 1. The van der Waals surface area contributed by atoms with Crippen LogP contribution in [0.25, 0.3) is 0 Å². The zero-order valence-electron chi connectivity index (χ0n) is 13.9. The molecule has 1 aromatic heterocycles. The molecule has 130 valence electrons. The number of amides is 2. The zero-order valence-corrected chi connectivity index (χ0v) is 13.9. The minimum Gasteiger partial charge on any atom is -0.501 e. The zero-order chi connectivity index (χ0) is 17.3. The summed E-state index contributed by atoms with van der Waals surface area (Å²) in [5, 5.41) is 17.0. The van der Waals surface area contributed by atoms with Crippen LogP contribution in [-0.4, -0.2) is 63.4 Å². The number of nitrogens with zero attached hydrogens (tertiary/aromatic N) is 3. The number of aliphatic hydroxyl groups excluding tert-OH is 1. The van der Waals surface area contributed by atoms with Crippen molar-refractivity contribution in [3.8, 4) is 0 Å². The van der Waals surface area contributed by atoms with Gasteiger partial charge >= 0.3 is 0 Å². The Morgan fingerprint density at radius 1 is 1.42 bits per heavy atom. The number of ether oxygens (including phenoxy) is 1. The summed E-state index contributed by atoms with van der Waals surface area (Å²) in [5.74, 6) is -0.428. The molecule has 1 fully saturated rings. The van der Waals surface area contributed by atoms with Gasteiger partial charge in [-0.25, -0.2) is 0 Å². The second-order valence-corrected chi connectivity index (χ2v) is 6.24. The van der Waals surface area contributed by atoms with Crippen LogP contribution in [0, 0.1) is 6.92 Å². The largest absolute Gasteiger partial charge is 0.501 e. The molecular weight excluding hydrogens is 312 g/mol. The Morgan fingerprint density at radius 2 is 2.21 bits per heavy atom. The highest BCUT2D eigenvalue weighted by molar-refractivity contribution is 5.96. The van der Waals surface area contributed by atoms with Crippen LogP contribution in [0.5, 0.6) is 0 Å². The molecule has 2 amide bonds. The Labute approximate surface area is 140 Å². The predicted octanol–water partition coefficient (Wildman–Crippen LogP) is -0.276. The van der Waals surface area contributed by atoms with Gasteiger partial charge in [0.2, 0.25) is 0 Å². The summed E-state index contributed by atoms with van der Waals surface area (Å²) in [7, 11) is 1.76. The van der Waals surface area contributed by atoms with E-state index in [0.717, 1.165) is 12.1 Å². The molecule has 0 bridgehead atoms. The van der Waals surface area contributed by atoms with E-state index in [4.69, 9.17) is 4.74 Å². The van der Waals surface area contributed by atoms with E-state index in [2.05, 4.69) is 10.4 Å². The Hall–Kier alpha value is -2.35. The molecule has 2 aliphatic heterocycles. The summed E-state index contributed by atoms with van der Waals surface area (Å²) < 4.78 is 6.82. The van der Waals surface area contributed by atoms with Gasteiger partial charge in [-0.15, -0.1) is 0 Å². The van der Waals surface area contributed by atoms with Crippen molar-refractivity contribution in [1.29, 1.82) is 0 Å². The fourth-order valence-corrected chi connectivity index (χ4v) is 2.99. The van der Waals surface area contributed by atoms with E-state index >= 15 is 0 Å². The smallest absolute Gasteiger partial charge is 0.255 e. The average Bonchev–Trinajstić information content (AvgIpc) is 3.11. The fourth-order valence-electron chi connectivity index (χ4n) is 2.99. The van der Waals surface area contributed by atoms with Gasteiger partial charge in [0.15, 0.2) is 0 Å². The molecular formula is C16H22N4O4. The first kappa shape index (κ1) is 16.5. The van der Waals surface area contributed by atoms with E-state index in [1.807, 2.05) is 0 Å². The van der Waals surface area contributed by atoms with Gasteiger partial charge in [0, 0.05) is 25.8 Å². The third-order valence-electron chi connectivity index (χ3n) is 4.58. The highest BCUT2D eigenvalue weighted by Crippen LogP contribution is 2.19. The van der Waals surface area contributed by atoms with Crippen molar-refractivity contribution in [2.45, 2.75) is 31.9 Å². The molecule has 0 spiro atoms. The second kappa shape index (κ2) is 6.64. The highest BCUT2D eigenvalue weighted by atomic mass is 16.5. The first-order valence-corrected chi connectivity index (χ1v) is 8.05. The summed E-state index contributed by atoms with van der Waals surface area (Å²) in [6, 6.07) is -0.494. The van der Waals surface area contributed by atoms with Crippen LogP contribution >= 0.6 is 0 Å². The number of aryl methyl sites for hydroxylation is 1. The van der Waals surface area contributed by atoms with Crippen molar-refractivity contribution in [2.24, 2.45) is 7.05 Å². The van der Waals surface area contributed by atoms with E-state index < -0.39 is 12.1 Å². The molecule has 0 aromatic carbocycles. The molecule has 1 saturated heterocycles. The van der Waals surface area contributed by atoms with Crippen LogP contribution in [0.4, 0.5) is 0 Å². The van der Waals surface area contributed by atoms with Crippen molar-refractivity contribution < 1.29 is 19.4 Å². The van der Waals surface area contributed by atoms with Gasteiger partial charge in [-0.3, -0.25) is 14.3 Å². The number of hydrogen-bond acceptors (Lipinski definition) is 5. The standard InChI is InChI=1S/C16H22N4O4/c1-10-12(6-17-19(10)2)15(22)18-13-7-20(8-14(13)21)16(23)11-4-3-5-24-9-11/h6,9,13-14,21H,3-5,7-8H2,1-2H3,(H,18,22)/t13-,14+/m1/s1. The lowest BCUT2D eigenvalue weighted by Gasteiger charge is -2.20. The average molecular weight is 334 g/mol. The number of likely N-dealkylation sites (tertiary alicyclic amines) is 1. The molecule has 3 rings (SSSR count). The van der Waals surface area contributed by atoms with E-state index in [0.29, 0.717) is 24.2 Å². The number of carbonyl (C=O) groups excluding carboxylic acids is 2. The Kier molecular flexibility index (Phi) is 4.57. The van der Waals surface area contributed by atoms with Crippen molar-refractivity contribution in [2.75, 3.05) is 19.7 Å². The van der Waals surface area contributed by atoms with E-state index in [1.54, 1.807) is 23.6 Å². The first-order valence-electron chi connectivity index (χ1n) is 8.05. The Morgan fingerprint density at radius 3 is 2.83 bits per heavy atom. The van der Waals surface area contributed by atoms with Gasteiger partial charge in [0.1, 0.15) is 0 Å². The van der Waals surface area contributed by atoms with Crippen molar-refractivity contribution in [1.82, 2.24) is 20.0 Å². The number of aromatic nitrogens is 2. The van der Waals surface area contributed by atoms with Crippen LogP contribution in [-0.2, 0) is 16.6 Å². The molecule has 2 aliphatic rings. The van der Waals surface area contributed by atoms with E-state index in [9.17, 15) is 14.7 Å². The van der Waals surface area contributed by atoms with Crippen LogP contribution in [0.1, 0.15) is 28.9 Å². The molecule has 8 nitrogen and oxygen atoms in total. The molecule has 0 radical (unpaired) electrons. The minimum absolute atomic E-state index is 0.136. The molecule has 8 heteroatoms. The number of nitrogens with one attached hydrogen (secondary N) is 1. The number of carbonyl (C=O) groups is 2. The summed E-state index contributed by atoms with van der Waals surface area (Å²) in [5.41, 5.74) is 1.83. The van der Waals surface area contributed by atoms with Gasteiger partial charge in [0.05, 0.1) is 42.3 Å². The maximum Gasteiger partial charge on any atom is 0.255 e. The molecule has 2 N–H and O–H groups in total. The van der Waals surface area contributed by atoms with Gasteiger partial charge < -0.3 is 20.1 Å². The topological polar surface area (TPSA) is 96.7 Å². The molecule has 0 saturated carbocycles. The summed E-state index contributed by atoms with van der Waals surface area (Å²) >= 11 is 0. The lowest BCUT2D eigenvalue weighted by molar-refractivity contribution is -0.127. The van der Waals surface area contributed by atoms with Crippen molar-refractivity contribution in [3.05, 3.63) is 29.3 Å². The third-order valence-corrected chi connectivity index (χ3v) is 4.58. The first-order chi connectivity index (χ1) is 11.5. The maximum absolute atomic E-state index is 12.4. The van der Waals surface area contributed by atoms with Crippen LogP contribution < -0.4 is 5.32 Å². The number of rotatable bonds is 3. The van der Waals surface area contributed by atoms with E-state index in [-0.39, 0.29) is 24.9 Å². The van der Waals surface area contributed by atoms with Gasteiger partial charge in [-0.1, -0.05) is 0 Å². The normalized spacial score (nSPS) is 23.6. The second-order valence-electron chi connectivity index (χ2n) is 6.24. The van der Waals surface area contributed by atoms with Crippen molar-refractivity contribution in [3.63, 3.8) is 0 Å². The van der Waals surface area contributed by atoms with Gasteiger partial charge in [0.25, 0.3) is 11.8 Å². The summed E-state index contributed by atoms with van der Waals surface area (Å²) in [6.45, 7) is 2.91. The summed E-state index contributed by atoms with van der Waals surface area (Å²) in [4.78, 5) is 26.4. The SMILES string of the molecule is Cc1c(C(=O)N[C@@H]2CN(C(=O)C3=COCCC3)C[C@@H]2O)cnn1C. The molecule has 24 heavy (non-hydrogen) atoms. The quantitative estimate of drug-likeness (QED) is 0.793. The fraction of sp³-hybridized carbons (Fsp3) is 0.562. The third kappa shape index (κ3) is 3.14. The lowest BCUT2D eigenvalue weighted by atomic mass is 10.1. The molecule has 0 aliphatic carbocycles. The monoisotopic (exact) mass is 334 g/mol. The van der Waals surface area contributed by atoms with Crippen molar-refractivity contribution >= 4 is 11.8 Å². The summed E-state index contributed by atoms with van der Waals surface area (Å²) in [6.07, 6.45) is 3.70. The molecule has 3 heterocycles. The maximum atomic E-state index is 12.4. The van der Waals surface area contributed by atoms with Gasteiger partial charge in [-0.05, 0) is 19.8 Å². The Bertz CT molecular complexity index is 682. The molecule has 1 aromatic rings. The number of β-amino-alcohol motifs (C(OH)–C–C–N with tert-alkyl or cyclic N) is 1.